The van der Waals surface area contributed by atoms with Crippen LogP contribution in [-0.2, 0) is 0 Å². The van der Waals surface area contributed by atoms with E-state index in [9.17, 15) is 0 Å². The molecule has 0 fully saturated rings. The molecule has 1 heterocycles. The van der Waals surface area contributed by atoms with E-state index in [1.807, 2.05) is 13.0 Å². The fourth-order valence-electron chi connectivity index (χ4n) is 1.67. The van der Waals surface area contributed by atoms with Crippen LogP contribution >= 0.6 is 11.6 Å². The molecule has 2 N–H and O–H groups in total. The molecule has 1 aromatic heterocycles. The van der Waals surface area contributed by atoms with Crippen molar-refractivity contribution in [2.75, 3.05) is 5.73 Å². The Morgan fingerprint density at radius 3 is 2.71 bits per heavy atom. The third kappa shape index (κ3) is 2.26. The van der Waals surface area contributed by atoms with E-state index in [4.69, 9.17) is 17.3 Å². The maximum atomic E-state index is 6.17. The minimum absolute atomic E-state index is 0.272. The summed E-state index contributed by atoms with van der Waals surface area (Å²) in [4.78, 5) is 4.41. The topological polar surface area (TPSA) is 56.7 Å². The van der Waals surface area contributed by atoms with Gasteiger partial charge in [0, 0.05) is 11.6 Å². The average molecular weight is 251 g/mol. The molecule has 0 unspecified atom stereocenters. The lowest BCUT2D eigenvalue weighted by Gasteiger charge is -2.10. The fourth-order valence-corrected chi connectivity index (χ4v) is 1.87. The molecule has 0 atom stereocenters. The Hall–Kier alpha value is -1.55. The summed E-state index contributed by atoms with van der Waals surface area (Å²) >= 11 is 6.17. The largest absolute Gasteiger partial charge is 0.399 e. The molecule has 0 spiro atoms. The van der Waals surface area contributed by atoms with Gasteiger partial charge in [-0.05, 0) is 25.1 Å². The number of nitrogens with zero attached hydrogens (tertiary/aromatic N) is 3. The van der Waals surface area contributed by atoms with Gasteiger partial charge in [-0.1, -0.05) is 25.4 Å². The third-order valence-corrected chi connectivity index (χ3v) is 2.77. The zero-order valence-electron chi connectivity index (χ0n) is 10.1. The number of anilines is 1. The summed E-state index contributed by atoms with van der Waals surface area (Å²) in [5, 5.41) is 4.99. The lowest BCUT2D eigenvalue weighted by molar-refractivity contribution is 0.714. The van der Waals surface area contributed by atoms with Crippen LogP contribution in [0.5, 0.6) is 0 Å². The van der Waals surface area contributed by atoms with Crippen LogP contribution < -0.4 is 5.73 Å². The van der Waals surface area contributed by atoms with Crippen LogP contribution in [0.2, 0.25) is 5.02 Å². The Morgan fingerprint density at radius 1 is 1.35 bits per heavy atom. The molecule has 0 amide bonds. The Labute approximate surface area is 105 Å². The van der Waals surface area contributed by atoms with Crippen molar-refractivity contribution in [1.82, 2.24) is 14.8 Å². The number of halogens is 1. The van der Waals surface area contributed by atoms with Gasteiger partial charge in [0.2, 0.25) is 0 Å². The second kappa shape index (κ2) is 4.37. The summed E-state index contributed by atoms with van der Waals surface area (Å²) in [5.74, 6) is 1.89. The van der Waals surface area contributed by atoms with Gasteiger partial charge in [0.25, 0.3) is 0 Å². The smallest absolute Gasteiger partial charge is 0.148 e. The summed E-state index contributed by atoms with van der Waals surface area (Å²) in [6, 6.07) is 5.35. The minimum Gasteiger partial charge on any atom is -0.399 e. The summed E-state index contributed by atoms with van der Waals surface area (Å²) in [5.41, 5.74) is 7.21. The van der Waals surface area contributed by atoms with Gasteiger partial charge >= 0.3 is 0 Å². The quantitative estimate of drug-likeness (QED) is 0.834. The highest BCUT2D eigenvalue weighted by molar-refractivity contribution is 6.32. The zero-order chi connectivity index (χ0) is 12.6. The van der Waals surface area contributed by atoms with Crippen molar-refractivity contribution in [3.63, 3.8) is 0 Å². The highest BCUT2D eigenvalue weighted by atomic mass is 35.5. The first-order valence-electron chi connectivity index (χ1n) is 5.48. The lowest BCUT2D eigenvalue weighted by atomic mass is 10.2. The number of nitrogens with two attached hydrogens (primary N) is 1. The molecule has 4 nitrogen and oxygen atoms in total. The number of hydrogen-bond donors (Lipinski definition) is 1. The minimum atomic E-state index is 0.272. The predicted octanol–water partition coefficient (Wildman–Crippen LogP) is 2.93. The average Bonchev–Trinajstić information content (AvgIpc) is 2.64. The van der Waals surface area contributed by atoms with E-state index in [0.29, 0.717) is 10.7 Å². The number of hydrogen-bond acceptors (Lipinski definition) is 3. The van der Waals surface area contributed by atoms with Crippen molar-refractivity contribution in [2.24, 2.45) is 0 Å². The van der Waals surface area contributed by atoms with E-state index in [0.717, 1.165) is 17.3 Å². The van der Waals surface area contributed by atoms with E-state index < -0.39 is 0 Å². The standard InChI is InChI=1S/C12H15ClN4/c1-7(2)12-15-8(3)16-17(12)11-6-9(14)4-5-10(11)13/h4-7H,14H2,1-3H3. The van der Waals surface area contributed by atoms with Crippen molar-refractivity contribution in [3.8, 4) is 5.69 Å². The normalized spacial score (nSPS) is 11.1. The first-order chi connectivity index (χ1) is 7.99. The van der Waals surface area contributed by atoms with Crippen LogP contribution in [0.25, 0.3) is 5.69 Å². The monoisotopic (exact) mass is 250 g/mol. The van der Waals surface area contributed by atoms with Crippen LogP contribution in [0.1, 0.15) is 31.4 Å². The molecule has 90 valence electrons. The molecule has 0 radical (unpaired) electrons. The van der Waals surface area contributed by atoms with Crippen LogP contribution in [0.15, 0.2) is 18.2 Å². The van der Waals surface area contributed by atoms with Crippen LogP contribution in [0, 0.1) is 6.92 Å². The molecule has 0 aliphatic rings. The van der Waals surface area contributed by atoms with Crippen molar-refractivity contribution in [2.45, 2.75) is 26.7 Å². The molecule has 17 heavy (non-hydrogen) atoms. The molecule has 2 aromatic rings. The Balaban J connectivity index is 2.63. The maximum absolute atomic E-state index is 6.17. The zero-order valence-corrected chi connectivity index (χ0v) is 10.9. The Kier molecular flexibility index (Phi) is 3.07. The van der Waals surface area contributed by atoms with Crippen LogP contribution in [0.4, 0.5) is 5.69 Å². The van der Waals surface area contributed by atoms with E-state index in [2.05, 4.69) is 23.9 Å². The van der Waals surface area contributed by atoms with E-state index in [1.165, 1.54) is 0 Å². The van der Waals surface area contributed by atoms with Gasteiger partial charge in [-0.2, -0.15) is 5.10 Å². The summed E-state index contributed by atoms with van der Waals surface area (Å²) in [6.45, 7) is 6.00. The van der Waals surface area contributed by atoms with Gasteiger partial charge in [0.1, 0.15) is 11.6 Å². The molecule has 0 saturated heterocycles. The molecule has 2 rings (SSSR count). The van der Waals surface area contributed by atoms with Crippen molar-refractivity contribution < 1.29 is 0 Å². The Bertz CT molecular complexity index is 545. The van der Waals surface area contributed by atoms with Crippen molar-refractivity contribution >= 4 is 17.3 Å². The highest BCUT2D eigenvalue weighted by Crippen LogP contribution is 2.25. The third-order valence-electron chi connectivity index (χ3n) is 2.45. The summed E-state index contributed by atoms with van der Waals surface area (Å²) < 4.78 is 1.76. The summed E-state index contributed by atoms with van der Waals surface area (Å²) in [7, 11) is 0. The predicted molar refractivity (Wildman–Crippen MR) is 69.6 cm³/mol. The molecule has 0 saturated carbocycles. The molecular weight excluding hydrogens is 236 g/mol. The van der Waals surface area contributed by atoms with Gasteiger partial charge in [0.15, 0.2) is 0 Å². The number of aryl methyl sites for hydroxylation is 1. The van der Waals surface area contributed by atoms with Gasteiger partial charge < -0.3 is 5.73 Å². The SMILES string of the molecule is Cc1nc(C(C)C)n(-c2cc(N)ccc2Cl)n1. The maximum Gasteiger partial charge on any atom is 0.148 e. The van der Waals surface area contributed by atoms with Gasteiger partial charge in [0.05, 0.1) is 10.7 Å². The van der Waals surface area contributed by atoms with Crippen LogP contribution in [-0.4, -0.2) is 14.8 Å². The van der Waals surface area contributed by atoms with Crippen molar-refractivity contribution in [3.05, 3.63) is 34.9 Å². The number of nitrogen functional groups attached to an aromatic ring is 1. The highest BCUT2D eigenvalue weighted by Gasteiger charge is 2.14. The van der Waals surface area contributed by atoms with Gasteiger partial charge in [-0.25, -0.2) is 9.67 Å². The molecule has 5 heteroatoms. The van der Waals surface area contributed by atoms with E-state index in [1.54, 1.807) is 16.8 Å². The number of aromatic nitrogens is 3. The first kappa shape index (κ1) is 11.9. The van der Waals surface area contributed by atoms with Gasteiger partial charge in [-0.3, -0.25) is 0 Å². The molecule has 0 aliphatic heterocycles. The summed E-state index contributed by atoms with van der Waals surface area (Å²) in [6.07, 6.45) is 0. The second-order valence-corrected chi connectivity index (χ2v) is 4.70. The molecule has 0 bridgehead atoms. The fraction of sp³-hybridized carbons (Fsp3) is 0.333. The van der Waals surface area contributed by atoms with Crippen molar-refractivity contribution in [1.29, 1.82) is 0 Å². The number of benzene rings is 1. The van der Waals surface area contributed by atoms with Crippen LogP contribution in [0.3, 0.4) is 0 Å². The second-order valence-electron chi connectivity index (χ2n) is 4.29. The number of rotatable bonds is 2. The molecule has 1 aromatic carbocycles. The molecule has 0 aliphatic carbocycles. The van der Waals surface area contributed by atoms with Gasteiger partial charge in [-0.15, -0.1) is 0 Å². The van der Waals surface area contributed by atoms with E-state index in [-0.39, 0.29) is 5.92 Å². The lowest BCUT2D eigenvalue weighted by Crippen LogP contribution is -2.06. The first-order valence-corrected chi connectivity index (χ1v) is 5.86. The molecular formula is C12H15ClN4. The van der Waals surface area contributed by atoms with E-state index >= 15 is 0 Å². The Morgan fingerprint density at radius 2 is 2.06 bits per heavy atom.